The third kappa shape index (κ3) is 4.77. The first-order valence-electron chi connectivity index (χ1n) is 10.5. The number of amides is 1. The Morgan fingerprint density at radius 3 is 2.44 bits per heavy atom. The first kappa shape index (κ1) is 24.5. The summed E-state index contributed by atoms with van der Waals surface area (Å²) < 4.78 is 36.1. The number of piperidine rings is 1. The van der Waals surface area contributed by atoms with Crippen molar-refractivity contribution in [2.75, 3.05) is 25.0 Å². The van der Waals surface area contributed by atoms with Gasteiger partial charge in [-0.25, -0.2) is 13.2 Å². The van der Waals surface area contributed by atoms with Crippen molar-refractivity contribution in [3.05, 3.63) is 45.7 Å². The summed E-state index contributed by atoms with van der Waals surface area (Å²) in [4.78, 5) is 25.2. The molecular formula is C22H28BrN3O5S. The van der Waals surface area contributed by atoms with E-state index in [9.17, 15) is 18.0 Å². The lowest BCUT2D eigenvalue weighted by molar-refractivity contribution is -0.120. The molecule has 1 N–H and O–H groups in total. The standard InChI is InChI=1S/C22H28BrN3O5S/c1-5-31-22(28)19-14(2)25(4)15(3)20(19)32(29,30)26-11-9-16(10-12-26)21(27)24-18-8-6-7-17(23)13-18/h6-8,13,16H,5,9-12H2,1-4H3,(H,24,27). The second kappa shape index (κ2) is 9.76. The highest BCUT2D eigenvalue weighted by molar-refractivity contribution is 9.10. The average Bonchev–Trinajstić information content (AvgIpc) is 2.98. The molecule has 8 nitrogen and oxygen atoms in total. The number of halogens is 1. The summed E-state index contributed by atoms with van der Waals surface area (Å²) in [5.41, 5.74) is 1.80. The molecule has 0 bridgehead atoms. The summed E-state index contributed by atoms with van der Waals surface area (Å²) in [7, 11) is -2.20. The van der Waals surface area contributed by atoms with Gasteiger partial charge in [0.15, 0.2) is 0 Å². The molecule has 1 aliphatic heterocycles. The number of ether oxygens (including phenoxy) is 1. The number of esters is 1. The van der Waals surface area contributed by atoms with Crippen LogP contribution in [-0.2, 0) is 26.6 Å². The van der Waals surface area contributed by atoms with Gasteiger partial charge in [0, 0.05) is 47.6 Å². The van der Waals surface area contributed by atoms with Gasteiger partial charge in [-0.2, -0.15) is 4.31 Å². The Bertz CT molecular complexity index is 1130. The van der Waals surface area contributed by atoms with Gasteiger partial charge in [0.25, 0.3) is 0 Å². The van der Waals surface area contributed by atoms with Gasteiger partial charge in [-0.1, -0.05) is 22.0 Å². The van der Waals surface area contributed by atoms with E-state index in [4.69, 9.17) is 4.74 Å². The van der Waals surface area contributed by atoms with Crippen LogP contribution in [0.2, 0.25) is 0 Å². The third-order valence-corrected chi connectivity index (χ3v) is 8.47. The Morgan fingerprint density at radius 2 is 1.84 bits per heavy atom. The normalized spacial score (nSPS) is 15.5. The average molecular weight is 526 g/mol. The zero-order valence-electron chi connectivity index (χ0n) is 18.6. The number of rotatable bonds is 6. The molecule has 1 saturated heterocycles. The van der Waals surface area contributed by atoms with Crippen molar-refractivity contribution in [3.8, 4) is 0 Å². The highest BCUT2D eigenvalue weighted by Crippen LogP contribution is 2.32. The Morgan fingerprint density at radius 1 is 1.19 bits per heavy atom. The Balaban J connectivity index is 1.77. The molecule has 2 heterocycles. The summed E-state index contributed by atoms with van der Waals surface area (Å²) >= 11 is 3.38. The van der Waals surface area contributed by atoms with Crippen LogP contribution in [0.25, 0.3) is 0 Å². The lowest BCUT2D eigenvalue weighted by Crippen LogP contribution is -2.41. The minimum atomic E-state index is -3.93. The molecule has 1 aromatic carbocycles. The molecule has 0 spiro atoms. The molecule has 1 fully saturated rings. The molecule has 10 heteroatoms. The molecule has 0 aliphatic carbocycles. The lowest BCUT2D eigenvalue weighted by atomic mass is 9.97. The number of anilines is 1. The summed E-state index contributed by atoms with van der Waals surface area (Å²) in [5.74, 6) is -1.06. The van der Waals surface area contributed by atoms with Gasteiger partial charge in [0.2, 0.25) is 15.9 Å². The van der Waals surface area contributed by atoms with Gasteiger partial charge >= 0.3 is 5.97 Å². The molecule has 1 aliphatic rings. The molecule has 0 saturated carbocycles. The fraction of sp³-hybridized carbons (Fsp3) is 0.455. The van der Waals surface area contributed by atoms with Crippen molar-refractivity contribution in [1.29, 1.82) is 0 Å². The van der Waals surface area contributed by atoms with Gasteiger partial charge in [-0.15, -0.1) is 0 Å². The van der Waals surface area contributed by atoms with Crippen molar-refractivity contribution in [3.63, 3.8) is 0 Å². The lowest BCUT2D eigenvalue weighted by Gasteiger charge is -2.30. The quantitative estimate of drug-likeness (QED) is 0.580. The van der Waals surface area contributed by atoms with Crippen LogP contribution in [0.4, 0.5) is 5.69 Å². The number of nitrogens with zero attached hydrogens (tertiary/aromatic N) is 2. The minimum absolute atomic E-state index is 0.00649. The van der Waals surface area contributed by atoms with Gasteiger partial charge in [-0.05, 0) is 51.8 Å². The maximum Gasteiger partial charge on any atom is 0.341 e. The number of hydrogen-bond donors (Lipinski definition) is 1. The molecule has 32 heavy (non-hydrogen) atoms. The first-order chi connectivity index (χ1) is 15.1. The van der Waals surface area contributed by atoms with E-state index in [1.165, 1.54) is 4.31 Å². The van der Waals surface area contributed by atoms with Crippen LogP contribution < -0.4 is 5.32 Å². The van der Waals surface area contributed by atoms with Crippen LogP contribution in [0.1, 0.15) is 41.5 Å². The topological polar surface area (TPSA) is 97.7 Å². The predicted octanol–water partition coefficient (Wildman–Crippen LogP) is 3.62. The maximum atomic E-state index is 13.5. The van der Waals surface area contributed by atoms with Gasteiger partial charge in [-0.3, -0.25) is 4.79 Å². The van der Waals surface area contributed by atoms with Crippen LogP contribution in [0.5, 0.6) is 0 Å². The van der Waals surface area contributed by atoms with Gasteiger partial charge in [0.1, 0.15) is 10.5 Å². The SMILES string of the molecule is CCOC(=O)c1c(S(=O)(=O)N2CCC(C(=O)Nc3cccc(Br)c3)CC2)c(C)n(C)c1C. The summed E-state index contributed by atoms with van der Waals surface area (Å²) in [6.07, 6.45) is 0.803. The highest BCUT2D eigenvalue weighted by atomic mass is 79.9. The fourth-order valence-corrected chi connectivity index (χ4v) is 6.32. The van der Waals surface area contributed by atoms with Crippen LogP contribution in [-0.4, -0.2) is 48.9 Å². The Hall–Kier alpha value is -2.17. The molecule has 1 aromatic heterocycles. The zero-order valence-corrected chi connectivity index (χ0v) is 21.0. The van der Waals surface area contributed by atoms with Crippen LogP contribution in [0.3, 0.4) is 0 Å². The molecule has 2 aromatic rings. The van der Waals surface area contributed by atoms with E-state index in [1.807, 2.05) is 18.2 Å². The number of benzene rings is 1. The van der Waals surface area contributed by atoms with E-state index >= 15 is 0 Å². The molecule has 0 atom stereocenters. The summed E-state index contributed by atoms with van der Waals surface area (Å²) in [5, 5.41) is 2.89. The van der Waals surface area contributed by atoms with Crippen LogP contribution in [0.15, 0.2) is 33.6 Å². The molecule has 3 rings (SSSR count). The van der Waals surface area contributed by atoms with Crippen molar-refractivity contribution in [2.24, 2.45) is 13.0 Å². The number of hydrogen-bond acceptors (Lipinski definition) is 5. The highest BCUT2D eigenvalue weighted by Gasteiger charge is 2.38. The largest absolute Gasteiger partial charge is 0.462 e. The first-order valence-corrected chi connectivity index (χ1v) is 12.7. The molecule has 0 unspecified atom stereocenters. The van der Waals surface area contributed by atoms with E-state index in [2.05, 4.69) is 21.2 Å². The summed E-state index contributed by atoms with van der Waals surface area (Å²) in [6, 6.07) is 7.33. The van der Waals surface area contributed by atoms with E-state index < -0.39 is 16.0 Å². The second-order valence-electron chi connectivity index (χ2n) is 7.83. The number of sulfonamides is 1. The van der Waals surface area contributed by atoms with E-state index in [1.54, 1.807) is 38.5 Å². The predicted molar refractivity (Wildman–Crippen MR) is 125 cm³/mol. The van der Waals surface area contributed by atoms with Crippen LogP contribution >= 0.6 is 15.9 Å². The summed E-state index contributed by atoms with van der Waals surface area (Å²) in [6.45, 7) is 5.63. The fourth-order valence-electron chi connectivity index (χ4n) is 3.97. The molecule has 1 amide bonds. The van der Waals surface area contributed by atoms with Gasteiger partial charge < -0.3 is 14.6 Å². The maximum absolute atomic E-state index is 13.5. The number of carbonyl (C=O) groups excluding carboxylic acids is 2. The van der Waals surface area contributed by atoms with Crippen molar-refractivity contribution >= 4 is 43.5 Å². The third-order valence-electron chi connectivity index (χ3n) is 5.92. The number of aromatic nitrogens is 1. The van der Waals surface area contributed by atoms with E-state index in [0.29, 0.717) is 29.9 Å². The monoisotopic (exact) mass is 525 g/mol. The molecular weight excluding hydrogens is 498 g/mol. The van der Waals surface area contributed by atoms with Crippen LogP contribution in [0, 0.1) is 19.8 Å². The molecule has 0 radical (unpaired) electrons. The number of carbonyl (C=O) groups is 2. The smallest absolute Gasteiger partial charge is 0.341 e. The zero-order chi connectivity index (χ0) is 23.6. The van der Waals surface area contributed by atoms with Crippen molar-refractivity contribution in [2.45, 2.75) is 38.5 Å². The van der Waals surface area contributed by atoms with E-state index in [0.717, 1.165) is 4.47 Å². The number of nitrogens with one attached hydrogen (secondary N) is 1. The Kier molecular flexibility index (Phi) is 7.46. The second-order valence-corrected chi connectivity index (χ2v) is 10.6. The Labute approximate surface area is 197 Å². The van der Waals surface area contributed by atoms with Gasteiger partial charge in [0.05, 0.1) is 6.61 Å². The minimum Gasteiger partial charge on any atom is -0.462 e. The molecule has 174 valence electrons. The van der Waals surface area contributed by atoms with E-state index in [-0.39, 0.29) is 42.0 Å². The van der Waals surface area contributed by atoms with Crippen molar-refractivity contribution < 1.29 is 22.7 Å². The van der Waals surface area contributed by atoms with Crippen molar-refractivity contribution in [1.82, 2.24) is 8.87 Å².